The van der Waals surface area contributed by atoms with Gasteiger partial charge in [-0.1, -0.05) is 28.1 Å². The Labute approximate surface area is 127 Å². The van der Waals surface area contributed by atoms with Gasteiger partial charge in [0.1, 0.15) is 11.6 Å². The summed E-state index contributed by atoms with van der Waals surface area (Å²) in [6.45, 7) is 0. The van der Waals surface area contributed by atoms with Crippen LogP contribution in [0.5, 0.6) is 0 Å². The Morgan fingerprint density at radius 3 is 2.32 bits per heavy atom. The Morgan fingerprint density at radius 2 is 1.74 bits per heavy atom. The third-order valence-electron chi connectivity index (χ3n) is 2.85. The summed E-state index contributed by atoms with van der Waals surface area (Å²) in [4.78, 5) is 0. The maximum absolute atomic E-state index is 14.0. The minimum atomic E-state index is -0.354. The van der Waals surface area contributed by atoms with Crippen molar-refractivity contribution in [3.63, 3.8) is 0 Å². The maximum Gasteiger partial charge on any atom is 0.137 e. The van der Waals surface area contributed by atoms with Gasteiger partial charge in [-0.3, -0.25) is 0 Å². The van der Waals surface area contributed by atoms with E-state index in [4.69, 9.17) is 0 Å². The first-order valence-corrected chi connectivity index (χ1v) is 7.19. The highest BCUT2D eigenvalue weighted by atomic mass is 79.9. The molecule has 0 heterocycles. The van der Waals surface area contributed by atoms with Crippen LogP contribution in [0.3, 0.4) is 0 Å². The molecule has 0 bridgehead atoms. The Hall–Kier alpha value is -0.780. The van der Waals surface area contributed by atoms with Crippen LogP contribution in [-0.4, -0.2) is 7.05 Å². The van der Waals surface area contributed by atoms with Gasteiger partial charge in [0, 0.05) is 10.0 Å². The van der Waals surface area contributed by atoms with E-state index in [1.54, 1.807) is 31.3 Å². The fraction of sp³-hybridized carbons (Fsp3) is 0.143. The molecule has 2 aromatic carbocycles. The van der Waals surface area contributed by atoms with Crippen molar-refractivity contribution in [3.05, 3.63) is 68.1 Å². The highest BCUT2D eigenvalue weighted by molar-refractivity contribution is 9.10. The average molecular weight is 391 g/mol. The van der Waals surface area contributed by atoms with Crippen molar-refractivity contribution < 1.29 is 8.78 Å². The van der Waals surface area contributed by atoms with E-state index in [0.29, 0.717) is 14.5 Å². The molecule has 0 aliphatic rings. The van der Waals surface area contributed by atoms with Gasteiger partial charge in [0.2, 0.25) is 0 Å². The molecule has 100 valence electrons. The lowest BCUT2D eigenvalue weighted by atomic mass is 9.98. The van der Waals surface area contributed by atoms with Crippen molar-refractivity contribution in [2.75, 3.05) is 7.05 Å². The smallest absolute Gasteiger partial charge is 0.137 e. The summed E-state index contributed by atoms with van der Waals surface area (Å²) in [5, 5.41) is 3.05. The van der Waals surface area contributed by atoms with Gasteiger partial charge in [-0.05, 0) is 52.8 Å². The lowest BCUT2D eigenvalue weighted by Gasteiger charge is -2.19. The summed E-state index contributed by atoms with van der Waals surface area (Å²) in [6, 6.07) is 9.11. The van der Waals surface area contributed by atoms with E-state index in [-0.39, 0.29) is 17.7 Å². The molecule has 0 spiro atoms. The molecule has 0 fully saturated rings. The number of halogens is 4. The molecule has 0 saturated carbocycles. The topological polar surface area (TPSA) is 12.0 Å². The molecule has 0 radical (unpaired) electrons. The third kappa shape index (κ3) is 3.04. The number of rotatable bonds is 3. The molecule has 2 aromatic rings. The zero-order valence-corrected chi connectivity index (χ0v) is 13.2. The molecular weight excluding hydrogens is 380 g/mol. The Balaban J connectivity index is 2.53. The second-order valence-corrected chi connectivity index (χ2v) is 5.74. The predicted octanol–water partition coefficient (Wildman–Crippen LogP) is 4.80. The van der Waals surface area contributed by atoms with E-state index in [1.807, 2.05) is 0 Å². The van der Waals surface area contributed by atoms with E-state index >= 15 is 0 Å². The second kappa shape index (κ2) is 6.11. The predicted molar refractivity (Wildman–Crippen MR) is 79.1 cm³/mol. The summed E-state index contributed by atoms with van der Waals surface area (Å²) in [5.41, 5.74) is 1.28. The first kappa shape index (κ1) is 14.6. The zero-order valence-electron chi connectivity index (χ0n) is 10.1. The van der Waals surface area contributed by atoms with E-state index in [9.17, 15) is 8.78 Å². The zero-order chi connectivity index (χ0) is 14.0. The molecule has 1 atom stereocenters. The molecule has 0 amide bonds. The van der Waals surface area contributed by atoms with E-state index in [0.717, 1.165) is 5.56 Å². The van der Waals surface area contributed by atoms with Crippen LogP contribution in [0.1, 0.15) is 17.2 Å². The fourth-order valence-corrected chi connectivity index (χ4v) is 2.92. The van der Waals surface area contributed by atoms with Gasteiger partial charge in [0.05, 0.1) is 10.5 Å². The van der Waals surface area contributed by atoms with Crippen molar-refractivity contribution in [3.8, 4) is 0 Å². The van der Waals surface area contributed by atoms with Gasteiger partial charge >= 0.3 is 0 Å². The largest absolute Gasteiger partial charge is 0.309 e. The minimum absolute atomic E-state index is 0.311. The lowest BCUT2D eigenvalue weighted by molar-refractivity contribution is 0.572. The van der Waals surface area contributed by atoms with Gasteiger partial charge in [-0.25, -0.2) is 8.78 Å². The van der Waals surface area contributed by atoms with E-state index < -0.39 is 0 Å². The summed E-state index contributed by atoms with van der Waals surface area (Å²) < 4.78 is 28.3. The first-order valence-electron chi connectivity index (χ1n) is 5.60. The van der Waals surface area contributed by atoms with Crippen LogP contribution in [0, 0.1) is 11.6 Å². The summed E-state index contributed by atoms with van der Waals surface area (Å²) in [7, 11) is 1.74. The van der Waals surface area contributed by atoms with Crippen LogP contribution in [-0.2, 0) is 0 Å². The molecule has 1 unspecified atom stereocenters. The summed E-state index contributed by atoms with van der Waals surface area (Å²) in [6.07, 6.45) is 0. The average Bonchev–Trinajstić information content (AvgIpc) is 2.37. The Bertz CT molecular complexity index is 582. The number of hydrogen-bond donors (Lipinski definition) is 1. The molecule has 2 rings (SSSR count). The first-order chi connectivity index (χ1) is 9.04. The SMILES string of the molecule is CNC(c1ccc(F)c(Br)c1)c1c(F)cccc1Br. The Kier molecular flexibility index (Phi) is 4.71. The monoisotopic (exact) mass is 389 g/mol. The molecule has 0 saturated heterocycles. The Morgan fingerprint density at radius 1 is 1.00 bits per heavy atom. The van der Waals surface area contributed by atoms with Crippen LogP contribution in [0.25, 0.3) is 0 Å². The lowest BCUT2D eigenvalue weighted by Crippen LogP contribution is -2.19. The molecular formula is C14H11Br2F2N. The van der Waals surface area contributed by atoms with Crippen molar-refractivity contribution in [1.82, 2.24) is 5.32 Å². The third-order valence-corrected chi connectivity index (χ3v) is 4.15. The standard InChI is InChI=1S/C14H11Br2F2N/c1-19-14(8-5-6-11(17)10(16)7-8)13-9(15)3-2-4-12(13)18/h2-7,14,19H,1H3. The quantitative estimate of drug-likeness (QED) is 0.793. The van der Waals surface area contributed by atoms with Gasteiger partial charge in [0.25, 0.3) is 0 Å². The summed E-state index contributed by atoms with van der Waals surface area (Å²) >= 11 is 6.50. The van der Waals surface area contributed by atoms with Gasteiger partial charge in [-0.2, -0.15) is 0 Å². The van der Waals surface area contributed by atoms with Crippen molar-refractivity contribution in [1.29, 1.82) is 0 Å². The van der Waals surface area contributed by atoms with E-state index in [1.165, 1.54) is 12.1 Å². The van der Waals surface area contributed by atoms with Crippen molar-refractivity contribution in [2.45, 2.75) is 6.04 Å². The number of nitrogens with one attached hydrogen (secondary N) is 1. The second-order valence-electron chi connectivity index (χ2n) is 4.03. The number of hydrogen-bond acceptors (Lipinski definition) is 1. The molecule has 1 nitrogen and oxygen atoms in total. The summed E-state index contributed by atoms with van der Waals surface area (Å²) in [5.74, 6) is -0.652. The minimum Gasteiger partial charge on any atom is -0.309 e. The highest BCUT2D eigenvalue weighted by Crippen LogP contribution is 2.32. The highest BCUT2D eigenvalue weighted by Gasteiger charge is 2.19. The molecule has 5 heteroatoms. The maximum atomic E-state index is 14.0. The molecule has 0 aliphatic carbocycles. The molecule has 1 N–H and O–H groups in total. The molecule has 0 aliphatic heterocycles. The normalized spacial score (nSPS) is 12.5. The van der Waals surface area contributed by atoms with Crippen molar-refractivity contribution in [2.24, 2.45) is 0 Å². The van der Waals surface area contributed by atoms with Crippen LogP contribution in [0.2, 0.25) is 0 Å². The van der Waals surface area contributed by atoms with Crippen LogP contribution >= 0.6 is 31.9 Å². The molecule has 19 heavy (non-hydrogen) atoms. The van der Waals surface area contributed by atoms with E-state index in [2.05, 4.69) is 37.2 Å². The van der Waals surface area contributed by atoms with Gasteiger partial charge in [0.15, 0.2) is 0 Å². The van der Waals surface area contributed by atoms with Crippen LogP contribution in [0.15, 0.2) is 45.3 Å². The fourth-order valence-electron chi connectivity index (χ4n) is 1.96. The molecule has 0 aromatic heterocycles. The van der Waals surface area contributed by atoms with Gasteiger partial charge in [-0.15, -0.1) is 0 Å². The number of benzene rings is 2. The van der Waals surface area contributed by atoms with Crippen molar-refractivity contribution >= 4 is 31.9 Å². The van der Waals surface area contributed by atoms with Gasteiger partial charge < -0.3 is 5.32 Å². The van der Waals surface area contributed by atoms with Crippen LogP contribution < -0.4 is 5.32 Å². The van der Waals surface area contributed by atoms with Crippen LogP contribution in [0.4, 0.5) is 8.78 Å².